The number of thiophene rings is 1. The quantitative estimate of drug-likeness (QED) is 0.208. The van der Waals surface area contributed by atoms with Gasteiger partial charge in [-0.05, 0) is 79.9 Å². The summed E-state index contributed by atoms with van der Waals surface area (Å²) in [5.74, 6) is -4.03. The first kappa shape index (κ1) is 29.5. The first-order valence-electron chi connectivity index (χ1n) is 13.9. The number of aromatic carboxylic acids is 1. The minimum Gasteiger partial charge on any atom is -0.496 e. The number of rotatable bonds is 8. The lowest BCUT2D eigenvalue weighted by Gasteiger charge is -2.33. The van der Waals surface area contributed by atoms with Gasteiger partial charge in [0, 0.05) is 34.7 Å². The average Bonchev–Trinajstić information content (AvgIpc) is 3.49. The van der Waals surface area contributed by atoms with Gasteiger partial charge in [-0.1, -0.05) is 0 Å². The molecule has 1 amide bonds. The molecule has 0 saturated carbocycles. The van der Waals surface area contributed by atoms with Gasteiger partial charge in [0.2, 0.25) is 0 Å². The SMILES string of the molecule is COc1ccc(-c2sc(C(=O)O)cc2C)cc1-c1ccc(N2CCC2)nc1CN1C(=O)O[C@H](c2cc(F)c(F)c(F)c2)[C@@H]1C. The van der Waals surface area contributed by atoms with Crippen LogP contribution in [0.15, 0.2) is 48.5 Å². The van der Waals surface area contributed by atoms with E-state index in [4.69, 9.17) is 14.5 Å². The number of carbonyl (C=O) groups is 2. The number of carboxylic acid groups (broad SMARTS) is 1. The third-order valence-electron chi connectivity index (χ3n) is 8.07. The minimum atomic E-state index is -1.59. The Bertz CT molecular complexity index is 1770. The normalized spacial score (nSPS) is 17.9. The van der Waals surface area contributed by atoms with E-state index in [0.29, 0.717) is 22.6 Å². The van der Waals surface area contributed by atoms with Crippen LogP contribution in [0, 0.1) is 24.4 Å². The summed E-state index contributed by atoms with van der Waals surface area (Å²) < 4.78 is 52.9. The zero-order valence-electron chi connectivity index (χ0n) is 24.1. The first-order chi connectivity index (χ1) is 21.0. The zero-order valence-corrected chi connectivity index (χ0v) is 24.9. The molecule has 0 spiro atoms. The number of ether oxygens (including phenoxy) is 2. The van der Waals surface area contributed by atoms with E-state index < -0.39 is 41.7 Å². The van der Waals surface area contributed by atoms with E-state index in [1.807, 2.05) is 31.2 Å². The van der Waals surface area contributed by atoms with Crippen LogP contribution in [0.4, 0.5) is 23.8 Å². The van der Waals surface area contributed by atoms with E-state index in [1.165, 1.54) is 16.2 Å². The Morgan fingerprint density at radius 1 is 1.09 bits per heavy atom. The third-order valence-corrected chi connectivity index (χ3v) is 9.34. The van der Waals surface area contributed by atoms with Crippen molar-refractivity contribution in [2.24, 2.45) is 0 Å². The highest BCUT2D eigenvalue weighted by molar-refractivity contribution is 7.17. The zero-order chi connectivity index (χ0) is 31.3. The fourth-order valence-electron chi connectivity index (χ4n) is 5.57. The van der Waals surface area contributed by atoms with Crippen molar-refractivity contribution in [3.05, 3.63) is 87.7 Å². The number of hydrogen-bond acceptors (Lipinski definition) is 7. The second-order valence-electron chi connectivity index (χ2n) is 10.8. The molecule has 2 saturated heterocycles. The van der Waals surface area contributed by atoms with Gasteiger partial charge in [-0.25, -0.2) is 27.7 Å². The van der Waals surface area contributed by atoms with E-state index >= 15 is 0 Å². The van der Waals surface area contributed by atoms with Crippen molar-refractivity contribution in [2.75, 3.05) is 25.1 Å². The molecule has 2 aromatic heterocycles. The van der Waals surface area contributed by atoms with Gasteiger partial charge >= 0.3 is 12.1 Å². The van der Waals surface area contributed by atoms with Crippen LogP contribution in [0.2, 0.25) is 0 Å². The van der Waals surface area contributed by atoms with Gasteiger partial charge in [-0.3, -0.25) is 4.90 Å². The Balaban J connectivity index is 1.41. The van der Waals surface area contributed by atoms with E-state index in [9.17, 15) is 27.9 Å². The van der Waals surface area contributed by atoms with E-state index in [1.54, 1.807) is 26.2 Å². The summed E-state index contributed by atoms with van der Waals surface area (Å²) in [6.07, 6.45) is -0.696. The van der Waals surface area contributed by atoms with Crippen LogP contribution in [0.1, 0.15) is 45.9 Å². The van der Waals surface area contributed by atoms with Gasteiger partial charge in [-0.2, -0.15) is 0 Å². The van der Waals surface area contributed by atoms with E-state index in [0.717, 1.165) is 53.5 Å². The second-order valence-corrected chi connectivity index (χ2v) is 11.9. The molecule has 2 aliphatic rings. The fourth-order valence-corrected chi connectivity index (χ4v) is 6.58. The Labute approximate surface area is 255 Å². The third kappa shape index (κ3) is 5.23. The molecule has 0 bridgehead atoms. The molecule has 1 N–H and O–H groups in total. The summed E-state index contributed by atoms with van der Waals surface area (Å²) in [7, 11) is 1.55. The standard InChI is InChI=1S/C32H28F3N3O5S/c1-16-11-26(31(39)40)44-30(16)18-5-7-25(42-3)21(12-18)20-6-8-27(37-9-4-10-37)36-24(20)15-38-17(2)29(43-32(38)41)19-13-22(33)28(35)23(34)14-19/h5-8,11-14,17,29H,4,9-10,15H2,1-3H3,(H,39,40)/t17-,29-/m0/s1. The lowest BCUT2D eigenvalue weighted by atomic mass is 9.97. The highest BCUT2D eigenvalue weighted by Gasteiger charge is 2.41. The molecule has 228 valence electrons. The lowest BCUT2D eigenvalue weighted by molar-refractivity contribution is 0.0702. The second kappa shape index (κ2) is 11.5. The van der Waals surface area contributed by atoms with Crippen LogP contribution in [0.5, 0.6) is 5.75 Å². The molecule has 4 heterocycles. The number of methoxy groups -OCH3 is 1. The maximum absolute atomic E-state index is 14.0. The van der Waals surface area contributed by atoms with Gasteiger partial charge < -0.3 is 19.5 Å². The number of nitrogens with zero attached hydrogens (tertiary/aromatic N) is 3. The van der Waals surface area contributed by atoms with Crippen LogP contribution >= 0.6 is 11.3 Å². The van der Waals surface area contributed by atoms with Crippen LogP contribution in [0.25, 0.3) is 21.6 Å². The fraction of sp³-hybridized carbons (Fsp3) is 0.281. The molecule has 0 unspecified atom stereocenters. The van der Waals surface area contributed by atoms with Gasteiger partial charge in [0.15, 0.2) is 17.5 Å². The van der Waals surface area contributed by atoms with Crippen molar-refractivity contribution in [1.29, 1.82) is 0 Å². The lowest BCUT2D eigenvalue weighted by Crippen LogP contribution is -2.38. The monoisotopic (exact) mass is 623 g/mol. The number of benzene rings is 2. The van der Waals surface area contributed by atoms with Crippen molar-refractivity contribution in [1.82, 2.24) is 9.88 Å². The summed E-state index contributed by atoms with van der Waals surface area (Å²) >= 11 is 1.18. The van der Waals surface area contributed by atoms with E-state index in [2.05, 4.69) is 4.90 Å². The number of aromatic nitrogens is 1. The summed E-state index contributed by atoms with van der Waals surface area (Å²) in [5.41, 5.74) is 3.54. The molecule has 12 heteroatoms. The van der Waals surface area contributed by atoms with Gasteiger partial charge in [0.25, 0.3) is 0 Å². The Kier molecular flexibility index (Phi) is 7.70. The Morgan fingerprint density at radius 2 is 1.82 bits per heavy atom. The predicted octanol–water partition coefficient (Wildman–Crippen LogP) is 7.20. The summed E-state index contributed by atoms with van der Waals surface area (Å²) in [4.78, 5) is 34.3. The molecule has 0 radical (unpaired) electrons. The molecule has 0 aliphatic carbocycles. The smallest absolute Gasteiger partial charge is 0.411 e. The Morgan fingerprint density at radius 3 is 2.43 bits per heavy atom. The number of carboxylic acids is 1. The number of cyclic esters (lactones) is 1. The number of carbonyl (C=O) groups excluding carboxylic acids is 1. The molecule has 4 aromatic rings. The van der Waals surface area contributed by atoms with Crippen molar-refractivity contribution in [3.63, 3.8) is 0 Å². The first-order valence-corrected chi connectivity index (χ1v) is 14.8. The van der Waals surface area contributed by atoms with E-state index in [-0.39, 0.29) is 17.0 Å². The number of pyridine rings is 1. The van der Waals surface area contributed by atoms with Crippen molar-refractivity contribution in [2.45, 2.75) is 39.0 Å². The topological polar surface area (TPSA) is 92.2 Å². The van der Waals surface area contributed by atoms with Crippen molar-refractivity contribution >= 4 is 29.2 Å². The van der Waals surface area contributed by atoms with Crippen LogP contribution in [0.3, 0.4) is 0 Å². The molecule has 44 heavy (non-hydrogen) atoms. The number of aryl methyl sites for hydroxylation is 1. The maximum atomic E-state index is 14.0. The largest absolute Gasteiger partial charge is 0.496 e. The van der Waals surface area contributed by atoms with Crippen molar-refractivity contribution in [3.8, 4) is 27.3 Å². The molecule has 2 fully saturated rings. The molecule has 6 rings (SSSR count). The highest BCUT2D eigenvalue weighted by atomic mass is 32.1. The molecular weight excluding hydrogens is 595 g/mol. The van der Waals surface area contributed by atoms with Crippen LogP contribution in [-0.2, 0) is 11.3 Å². The molecular formula is C32H28F3N3O5S. The van der Waals surface area contributed by atoms with Crippen molar-refractivity contribution < 1.29 is 37.3 Å². The van der Waals surface area contributed by atoms with Gasteiger partial charge in [0.05, 0.1) is 25.4 Å². The summed E-state index contributed by atoms with van der Waals surface area (Å²) in [6, 6.07) is 12.0. The maximum Gasteiger partial charge on any atom is 0.411 e. The van der Waals surface area contributed by atoms with Gasteiger partial charge in [-0.15, -0.1) is 11.3 Å². The number of anilines is 1. The van der Waals surface area contributed by atoms with Crippen LogP contribution < -0.4 is 9.64 Å². The molecule has 8 nitrogen and oxygen atoms in total. The van der Waals surface area contributed by atoms with Gasteiger partial charge in [0.1, 0.15) is 22.5 Å². The molecule has 2 atom stereocenters. The average molecular weight is 624 g/mol. The molecule has 2 aliphatic heterocycles. The predicted molar refractivity (Wildman–Crippen MR) is 159 cm³/mol. The minimum absolute atomic E-state index is 0.00804. The number of hydrogen-bond donors (Lipinski definition) is 1. The summed E-state index contributed by atoms with van der Waals surface area (Å²) in [5, 5.41) is 9.51. The highest BCUT2D eigenvalue weighted by Crippen LogP contribution is 2.41. The molecule has 2 aromatic carbocycles. The summed E-state index contributed by atoms with van der Waals surface area (Å²) in [6.45, 7) is 5.25. The number of amides is 1. The van der Waals surface area contributed by atoms with Crippen LogP contribution in [-0.4, -0.2) is 53.3 Å². The number of halogens is 3. The Hall–Kier alpha value is -4.58.